The lowest BCUT2D eigenvalue weighted by Gasteiger charge is -2.20. The Morgan fingerprint density at radius 2 is 2.13 bits per heavy atom. The second kappa shape index (κ2) is 4.67. The summed E-state index contributed by atoms with van der Waals surface area (Å²) < 4.78 is 0. The van der Waals surface area contributed by atoms with Crippen molar-refractivity contribution in [3.63, 3.8) is 0 Å². The third kappa shape index (κ3) is 2.32. The summed E-state index contributed by atoms with van der Waals surface area (Å²) in [5.41, 5.74) is 2.09. The molecule has 0 amide bonds. The van der Waals surface area contributed by atoms with Crippen LogP contribution in [0.2, 0.25) is 0 Å². The van der Waals surface area contributed by atoms with Gasteiger partial charge in [0.2, 0.25) is 0 Å². The average molecular weight is 205 g/mol. The molecule has 82 valence electrons. The van der Waals surface area contributed by atoms with E-state index in [9.17, 15) is 5.11 Å². The predicted octanol–water partition coefficient (Wildman–Crippen LogP) is 2.78. The lowest BCUT2D eigenvalue weighted by atomic mass is 10.1. The van der Waals surface area contributed by atoms with E-state index in [2.05, 4.69) is 18.3 Å². The maximum absolute atomic E-state index is 9.22. The van der Waals surface area contributed by atoms with Crippen LogP contribution in [0.25, 0.3) is 0 Å². The van der Waals surface area contributed by atoms with E-state index < -0.39 is 0 Å². The van der Waals surface area contributed by atoms with E-state index in [4.69, 9.17) is 0 Å². The topological polar surface area (TPSA) is 32.3 Å². The van der Waals surface area contributed by atoms with Gasteiger partial charge in [-0.1, -0.05) is 31.5 Å². The Hall–Kier alpha value is -1.02. The number of benzene rings is 1. The highest BCUT2D eigenvalue weighted by atomic mass is 16.3. The number of aliphatic hydroxyl groups is 1. The van der Waals surface area contributed by atoms with Crippen LogP contribution in [-0.2, 0) is 6.61 Å². The van der Waals surface area contributed by atoms with Crippen molar-refractivity contribution in [2.24, 2.45) is 5.92 Å². The normalized spacial score (nSPS) is 25.5. The average Bonchev–Trinajstić information content (AvgIpc) is 2.65. The number of nitrogens with one attached hydrogen (secondary N) is 1. The molecule has 0 saturated heterocycles. The first-order valence-corrected chi connectivity index (χ1v) is 5.76. The summed E-state index contributed by atoms with van der Waals surface area (Å²) >= 11 is 0. The van der Waals surface area contributed by atoms with Crippen molar-refractivity contribution in [1.82, 2.24) is 0 Å². The van der Waals surface area contributed by atoms with Gasteiger partial charge in [0, 0.05) is 17.3 Å². The molecule has 2 nitrogen and oxygen atoms in total. The molecule has 1 aliphatic carbocycles. The molecule has 1 aliphatic rings. The maximum atomic E-state index is 9.22. The third-order valence-electron chi connectivity index (χ3n) is 3.39. The molecule has 15 heavy (non-hydrogen) atoms. The van der Waals surface area contributed by atoms with Gasteiger partial charge >= 0.3 is 0 Å². The Morgan fingerprint density at radius 3 is 2.80 bits per heavy atom. The molecule has 0 heterocycles. The van der Waals surface area contributed by atoms with E-state index >= 15 is 0 Å². The largest absolute Gasteiger partial charge is 0.392 e. The SMILES string of the molecule is CC1CCCC1Nc1ccccc1CO. The van der Waals surface area contributed by atoms with Crippen molar-refractivity contribution in [3.8, 4) is 0 Å². The minimum absolute atomic E-state index is 0.115. The Morgan fingerprint density at radius 1 is 1.33 bits per heavy atom. The fraction of sp³-hybridized carbons (Fsp3) is 0.538. The molecule has 1 aromatic rings. The highest BCUT2D eigenvalue weighted by molar-refractivity contribution is 5.51. The van der Waals surface area contributed by atoms with E-state index in [1.165, 1.54) is 19.3 Å². The van der Waals surface area contributed by atoms with Gasteiger partial charge in [-0.3, -0.25) is 0 Å². The molecule has 1 saturated carbocycles. The van der Waals surface area contributed by atoms with Gasteiger partial charge in [0.25, 0.3) is 0 Å². The van der Waals surface area contributed by atoms with Gasteiger partial charge in [-0.05, 0) is 24.8 Å². The van der Waals surface area contributed by atoms with Crippen LogP contribution in [0.3, 0.4) is 0 Å². The number of aliphatic hydroxyl groups excluding tert-OH is 1. The molecule has 2 N–H and O–H groups in total. The predicted molar refractivity (Wildman–Crippen MR) is 62.8 cm³/mol. The molecule has 0 spiro atoms. The molecule has 0 aliphatic heterocycles. The minimum Gasteiger partial charge on any atom is -0.392 e. The van der Waals surface area contributed by atoms with Crippen LogP contribution in [0.4, 0.5) is 5.69 Å². The summed E-state index contributed by atoms with van der Waals surface area (Å²) in [6.45, 7) is 2.41. The van der Waals surface area contributed by atoms with E-state index in [0.717, 1.165) is 17.2 Å². The number of para-hydroxylation sites is 1. The third-order valence-corrected chi connectivity index (χ3v) is 3.39. The molecule has 2 heteroatoms. The fourth-order valence-electron chi connectivity index (χ4n) is 2.36. The van der Waals surface area contributed by atoms with Crippen molar-refractivity contribution < 1.29 is 5.11 Å². The zero-order valence-electron chi connectivity index (χ0n) is 9.24. The second-order valence-corrected chi connectivity index (χ2v) is 4.47. The van der Waals surface area contributed by atoms with Gasteiger partial charge in [0.1, 0.15) is 0 Å². The Kier molecular flexibility index (Phi) is 3.27. The van der Waals surface area contributed by atoms with Crippen LogP contribution in [0.5, 0.6) is 0 Å². The molecule has 0 radical (unpaired) electrons. The smallest absolute Gasteiger partial charge is 0.0701 e. The van der Waals surface area contributed by atoms with Crippen molar-refractivity contribution >= 4 is 5.69 Å². The number of anilines is 1. The molecule has 2 unspecified atom stereocenters. The van der Waals surface area contributed by atoms with Gasteiger partial charge in [0.05, 0.1) is 6.61 Å². The van der Waals surface area contributed by atoms with Gasteiger partial charge in [0.15, 0.2) is 0 Å². The Labute approximate surface area is 91.3 Å². The number of rotatable bonds is 3. The number of hydrogen-bond acceptors (Lipinski definition) is 2. The van der Waals surface area contributed by atoms with Gasteiger partial charge < -0.3 is 10.4 Å². The Bertz CT molecular complexity index is 324. The van der Waals surface area contributed by atoms with Crippen molar-refractivity contribution in [3.05, 3.63) is 29.8 Å². The van der Waals surface area contributed by atoms with Crippen LogP contribution >= 0.6 is 0 Å². The monoisotopic (exact) mass is 205 g/mol. The standard InChI is InChI=1S/C13H19NO/c1-10-5-4-8-12(10)14-13-7-3-2-6-11(13)9-15/h2-3,6-7,10,12,14-15H,4-5,8-9H2,1H3. The van der Waals surface area contributed by atoms with Crippen LogP contribution < -0.4 is 5.32 Å². The van der Waals surface area contributed by atoms with E-state index in [1.807, 2.05) is 18.2 Å². The molecule has 2 atom stereocenters. The first kappa shape index (κ1) is 10.5. The van der Waals surface area contributed by atoms with Gasteiger partial charge in [-0.2, -0.15) is 0 Å². The molecule has 1 aromatic carbocycles. The maximum Gasteiger partial charge on any atom is 0.0701 e. The minimum atomic E-state index is 0.115. The highest BCUT2D eigenvalue weighted by Crippen LogP contribution is 2.29. The van der Waals surface area contributed by atoms with Crippen LogP contribution in [-0.4, -0.2) is 11.1 Å². The Balaban J connectivity index is 2.09. The summed E-state index contributed by atoms with van der Waals surface area (Å²) in [5.74, 6) is 0.747. The van der Waals surface area contributed by atoms with E-state index in [1.54, 1.807) is 0 Å². The first-order valence-electron chi connectivity index (χ1n) is 5.76. The zero-order chi connectivity index (χ0) is 10.7. The molecule has 0 bridgehead atoms. The van der Waals surface area contributed by atoms with E-state index in [-0.39, 0.29) is 6.61 Å². The lowest BCUT2D eigenvalue weighted by molar-refractivity contribution is 0.282. The van der Waals surface area contributed by atoms with Crippen LogP contribution in [0.1, 0.15) is 31.7 Å². The summed E-state index contributed by atoms with van der Waals surface area (Å²) in [7, 11) is 0. The van der Waals surface area contributed by atoms with Crippen molar-refractivity contribution in [2.75, 3.05) is 5.32 Å². The summed E-state index contributed by atoms with van der Waals surface area (Å²) in [6.07, 6.45) is 3.89. The lowest BCUT2D eigenvalue weighted by Crippen LogP contribution is -2.22. The zero-order valence-corrected chi connectivity index (χ0v) is 9.24. The fourth-order valence-corrected chi connectivity index (χ4v) is 2.36. The molecule has 2 rings (SSSR count). The van der Waals surface area contributed by atoms with E-state index in [0.29, 0.717) is 6.04 Å². The van der Waals surface area contributed by atoms with Crippen molar-refractivity contribution in [2.45, 2.75) is 38.8 Å². The van der Waals surface area contributed by atoms with Crippen LogP contribution in [0.15, 0.2) is 24.3 Å². The molecule has 1 fully saturated rings. The molecule has 0 aromatic heterocycles. The molecular formula is C13H19NO. The molecular weight excluding hydrogens is 186 g/mol. The highest BCUT2D eigenvalue weighted by Gasteiger charge is 2.23. The second-order valence-electron chi connectivity index (χ2n) is 4.47. The summed E-state index contributed by atoms with van der Waals surface area (Å²) in [6, 6.07) is 8.59. The first-order chi connectivity index (χ1) is 7.31. The number of hydrogen-bond donors (Lipinski definition) is 2. The van der Waals surface area contributed by atoms with Gasteiger partial charge in [-0.15, -0.1) is 0 Å². The summed E-state index contributed by atoms with van der Waals surface area (Å²) in [5, 5.41) is 12.8. The summed E-state index contributed by atoms with van der Waals surface area (Å²) in [4.78, 5) is 0. The van der Waals surface area contributed by atoms with Gasteiger partial charge in [-0.25, -0.2) is 0 Å². The van der Waals surface area contributed by atoms with Crippen molar-refractivity contribution in [1.29, 1.82) is 0 Å². The van der Waals surface area contributed by atoms with Crippen LogP contribution in [0, 0.1) is 5.92 Å². The quantitative estimate of drug-likeness (QED) is 0.795.